The van der Waals surface area contributed by atoms with Gasteiger partial charge in [0.1, 0.15) is 0 Å². The zero-order valence-corrected chi connectivity index (χ0v) is 19.3. The van der Waals surface area contributed by atoms with Crippen LogP contribution in [0.2, 0.25) is 0 Å². The number of nitrogens with zero attached hydrogens (tertiary/aromatic N) is 3. The van der Waals surface area contributed by atoms with Gasteiger partial charge in [0, 0.05) is 50.4 Å². The van der Waals surface area contributed by atoms with E-state index in [-0.39, 0.29) is 36.3 Å². The maximum atomic E-state index is 12.8. The molecule has 0 bridgehead atoms. The van der Waals surface area contributed by atoms with E-state index in [1.54, 1.807) is 48.5 Å². The Labute approximate surface area is 198 Å². The van der Waals surface area contributed by atoms with Crippen LogP contribution in [0.25, 0.3) is 0 Å². The van der Waals surface area contributed by atoms with Crippen molar-refractivity contribution in [3.63, 3.8) is 0 Å². The summed E-state index contributed by atoms with van der Waals surface area (Å²) in [5.74, 6) is -1.64. The molecule has 0 aliphatic carbocycles. The van der Waals surface area contributed by atoms with Crippen LogP contribution in [-0.4, -0.2) is 80.4 Å². The summed E-state index contributed by atoms with van der Waals surface area (Å²) < 4.78 is 4.81. The Morgan fingerprint density at radius 1 is 0.971 bits per heavy atom. The number of likely N-dealkylation sites (N-methyl/N-ethyl adjacent to an activating group) is 1. The van der Waals surface area contributed by atoms with Gasteiger partial charge < -0.3 is 24.8 Å². The lowest BCUT2D eigenvalue weighted by molar-refractivity contribution is -0.122. The second kappa shape index (κ2) is 10.0. The van der Waals surface area contributed by atoms with Crippen LogP contribution in [0.1, 0.15) is 27.1 Å². The molecule has 2 aromatic carbocycles. The number of carbonyl (C=O) groups is 4. The van der Waals surface area contributed by atoms with Crippen molar-refractivity contribution < 1.29 is 23.9 Å². The number of hydrogen-bond acceptors (Lipinski definition) is 6. The Morgan fingerprint density at radius 2 is 1.65 bits per heavy atom. The second-order valence-electron chi connectivity index (χ2n) is 8.58. The van der Waals surface area contributed by atoms with E-state index in [9.17, 15) is 19.2 Å². The fraction of sp³-hybridized carbons (Fsp3) is 0.360. The standard InChI is InChI=1S/C25H28N4O5/c1-27-11-13-28(14-12-27)24(32)17-7-9-19(10-8-17)26-23(31)18-15-22(30)29(16-18)21-6-4-3-5-20(21)25(33)34-2/h3-10,18H,11-16H2,1-2H3,(H,26,31). The van der Waals surface area contributed by atoms with E-state index in [1.165, 1.54) is 12.0 Å². The monoisotopic (exact) mass is 464 g/mol. The molecule has 2 saturated heterocycles. The third-order valence-electron chi connectivity index (χ3n) is 6.29. The van der Waals surface area contributed by atoms with Gasteiger partial charge in [-0.1, -0.05) is 12.1 Å². The van der Waals surface area contributed by atoms with Crippen LogP contribution in [-0.2, 0) is 14.3 Å². The number of anilines is 2. The predicted octanol–water partition coefficient (Wildman–Crippen LogP) is 1.85. The third-order valence-corrected chi connectivity index (χ3v) is 6.29. The lowest BCUT2D eigenvalue weighted by Crippen LogP contribution is -2.47. The Kier molecular flexibility index (Phi) is 6.93. The molecule has 0 radical (unpaired) electrons. The van der Waals surface area contributed by atoms with Gasteiger partial charge in [0.2, 0.25) is 11.8 Å². The fourth-order valence-electron chi connectivity index (χ4n) is 4.24. The zero-order valence-electron chi connectivity index (χ0n) is 19.3. The number of nitrogens with one attached hydrogen (secondary N) is 1. The largest absolute Gasteiger partial charge is 0.465 e. The van der Waals surface area contributed by atoms with Gasteiger partial charge in [0.15, 0.2) is 0 Å². The van der Waals surface area contributed by atoms with E-state index in [0.29, 0.717) is 30.0 Å². The topological polar surface area (TPSA) is 99.3 Å². The average Bonchev–Trinajstić information content (AvgIpc) is 3.25. The number of para-hydroxylation sites is 1. The summed E-state index contributed by atoms with van der Waals surface area (Å²) in [7, 11) is 3.32. The summed E-state index contributed by atoms with van der Waals surface area (Å²) >= 11 is 0. The van der Waals surface area contributed by atoms with Crippen molar-refractivity contribution in [2.45, 2.75) is 6.42 Å². The van der Waals surface area contributed by atoms with E-state index in [1.807, 2.05) is 11.9 Å². The highest BCUT2D eigenvalue weighted by molar-refractivity contribution is 6.07. The summed E-state index contributed by atoms with van der Waals surface area (Å²) in [4.78, 5) is 55.7. The number of methoxy groups -OCH3 is 1. The minimum atomic E-state index is -0.565. The minimum absolute atomic E-state index is 0.0210. The first-order chi connectivity index (χ1) is 16.4. The van der Waals surface area contributed by atoms with E-state index >= 15 is 0 Å². The number of hydrogen-bond donors (Lipinski definition) is 1. The Morgan fingerprint density at radius 3 is 2.32 bits per heavy atom. The summed E-state index contributed by atoms with van der Waals surface area (Å²) in [5, 5.41) is 2.84. The molecule has 2 aliphatic rings. The molecule has 2 fully saturated rings. The summed E-state index contributed by atoms with van der Waals surface area (Å²) in [6, 6.07) is 13.5. The number of ether oxygens (including phenoxy) is 1. The number of benzene rings is 2. The molecule has 2 heterocycles. The Balaban J connectivity index is 1.39. The van der Waals surface area contributed by atoms with Crippen LogP contribution >= 0.6 is 0 Å². The van der Waals surface area contributed by atoms with Gasteiger partial charge in [-0.2, -0.15) is 0 Å². The molecule has 9 heteroatoms. The average molecular weight is 465 g/mol. The number of piperazine rings is 1. The number of rotatable bonds is 5. The second-order valence-corrected chi connectivity index (χ2v) is 8.58. The summed E-state index contributed by atoms with van der Waals surface area (Å²) in [6.45, 7) is 3.25. The molecule has 0 spiro atoms. The van der Waals surface area contributed by atoms with E-state index in [0.717, 1.165) is 13.1 Å². The maximum Gasteiger partial charge on any atom is 0.339 e. The molecule has 1 N–H and O–H groups in total. The Bertz CT molecular complexity index is 1090. The molecule has 1 atom stereocenters. The van der Waals surface area contributed by atoms with Crippen molar-refractivity contribution in [3.8, 4) is 0 Å². The van der Waals surface area contributed by atoms with Crippen molar-refractivity contribution in [1.82, 2.24) is 9.80 Å². The molecule has 9 nitrogen and oxygen atoms in total. The highest BCUT2D eigenvalue weighted by Gasteiger charge is 2.36. The number of carbonyl (C=O) groups excluding carboxylic acids is 4. The van der Waals surface area contributed by atoms with Crippen molar-refractivity contribution in [2.24, 2.45) is 5.92 Å². The van der Waals surface area contributed by atoms with Gasteiger partial charge in [-0.15, -0.1) is 0 Å². The number of amides is 3. The zero-order chi connectivity index (χ0) is 24.2. The van der Waals surface area contributed by atoms with Crippen molar-refractivity contribution in [1.29, 1.82) is 0 Å². The van der Waals surface area contributed by atoms with Crippen LogP contribution in [0.5, 0.6) is 0 Å². The van der Waals surface area contributed by atoms with Crippen LogP contribution in [0, 0.1) is 5.92 Å². The van der Waals surface area contributed by atoms with Gasteiger partial charge in [0.25, 0.3) is 5.91 Å². The normalized spacial score (nSPS) is 18.6. The molecular formula is C25H28N4O5. The van der Waals surface area contributed by atoms with E-state index in [4.69, 9.17) is 4.74 Å². The number of esters is 1. The summed E-state index contributed by atoms with van der Waals surface area (Å²) in [6.07, 6.45) is 0.0430. The van der Waals surface area contributed by atoms with Gasteiger partial charge >= 0.3 is 5.97 Å². The molecule has 0 aromatic heterocycles. The lowest BCUT2D eigenvalue weighted by atomic mass is 10.1. The SMILES string of the molecule is COC(=O)c1ccccc1N1CC(C(=O)Nc2ccc(C(=O)N3CCN(C)CC3)cc2)CC1=O. The molecule has 178 valence electrons. The molecule has 2 aromatic rings. The molecule has 4 rings (SSSR count). The minimum Gasteiger partial charge on any atom is -0.465 e. The molecule has 3 amide bonds. The van der Waals surface area contributed by atoms with E-state index in [2.05, 4.69) is 10.2 Å². The third kappa shape index (κ3) is 4.94. The molecule has 2 aliphatic heterocycles. The molecule has 34 heavy (non-hydrogen) atoms. The van der Waals surface area contributed by atoms with Crippen LogP contribution < -0.4 is 10.2 Å². The van der Waals surface area contributed by atoms with Crippen molar-refractivity contribution in [2.75, 3.05) is 57.1 Å². The first-order valence-electron chi connectivity index (χ1n) is 11.2. The predicted molar refractivity (Wildman–Crippen MR) is 127 cm³/mol. The first kappa shape index (κ1) is 23.4. The van der Waals surface area contributed by atoms with Gasteiger partial charge in [-0.3, -0.25) is 14.4 Å². The van der Waals surface area contributed by atoms with Crippen LogP contribution in [0.4, 0.5) is 11.4 Å². The lowest BCUT2D eigenvalue weighted by Gasteiger charge is -2.32. The van der Waals surface area contributed by atoms with Crippen LogP contribution in [0.15, 0.2) is 48.5 Å². The smallest absolute Gasteiger partial charge is 0.339 e. The molecule has 1 unspecified atom stereocenters. The highest BCUT2D eigenvalue weighted by atomic mass is 16.5. The summed E-state index contributed by atoms with van der Waals surface area (Å²) in [5.41, 5.74) is 1.84. The Hall–Kier alpha value is -3.72. The maximum absolute atomic E-state index is 12.8. The van der Waals surface area contributed by atoms with Crippen LogP contribution in [0.3, 0.4) is 0 Å². The van der Waals surface area contributed by atoms with Gasteiger partial charge in [0.05, 0.1) is 24.3 Å². The van der Waals surface area contributed by atoms with Gasteiger partial charge in [-0.05, 0) is 43.4 Å². The highest BCUT2D eigenvalue weighted by Crippen LogP contribution is 2.29. The fourth-order valence-corrected chi connectivity index (χ4v) is 4.24. The quantitative estimate of drug-likeness (QED) is 0.678. The molecule has 0 saturated carbocycles. The van der Waals surface area contributed by atoms with Gasteiger partial charge in [-0.25, -0.2) is 4.79 Å². The van der Waals surface area contributed by atoms with E-state index < -0.39 is 11.9 Å². The first-order valence-corrected chi connectivity index (χ1v) is 11.2. The van der Waals surface area contributed by atoms with Crippen molar-refractivity contribution >= 4 is 35.1 Å². The van der Waals surface area contributed by atoms with Crippen molar-refractivity contribution in [3.05, 3.63) is 59.7 Å². The molecular weight excluding hydrogens is 436 g/mol.